The van der Waals surface area contributed by atoms with Crippen molar-refractivity contribution in [1.29, 1.82) is 0 Å². The van der Waals surface area contributed by atoms with Gasteiger partial charge in [-0.05, 0) is 25.1 Å². The highest BCUT2D eigenvalue weighted by Crippen LogP contribution is 2.17. The van der Waals surface area contributed by atoms with Crippen LogP contribution >= 0.6 is 0 Å². The summed E-state index contributed by atoms with van der Waals surface area (Å²) < 4.78 is 10.7. The number of ether oxygens (including phenoxy) is 1. The summed E-state index contributed by atoms with van der Waals surface area (Å²) in [6.07, 6.45) is 0. The lowest BCUT2D eigenvalue weighted by atomic mass is 10.1. The normalized spacial score (nSPS) is 10.5. The molecule has 0 spiro atoms. The number of aromatic nitrogens is 2. The molecule has 0 bridgehead atoms. The zero-order chi connectivity index (χ0) is 17.6. The summed E-state index contributed by atoms with van der Waals surface area (Å²) >= 11 is 0. The summed E-state index contributed by atoms with van der Waals surface area (Å²) in [5, 5.41) is 3.98. The third-order valence-corrected chi connectivity index (χ3v) is 3.65. The van der Waals surface area contributed by atoms with Crippen LogP contribution in [0.4, 0.5) is 0 Å². The number of likely N-dealkylation sites (N-methyl/N-ethyl adjacent to an activating group) is 1. The Kier molecular flexibility index (Phi) is 5.09. The molecule has 128 valence electrons. The predicted octanol–water partition coefficient (Wildman–Crippen LogP) is 3.08. The van der Waals surface area contributed by atoms with Gasteiger partial charge in [-0.2, -0.15) is 4.98 Å². The van der Waals surface area contributed by atoms with Crippen LogP contribution in [0, 0.1) is 6.92 Å². The van der Waals surface area contributed by atoms with Crippen LogP contribution in [-0.2, 0) is 11.3 Å². The zero-order valence-electron chi connectivity index (χ0n) is 14.2. The molecule has 0 N–H and O–H groups in total. The molecule has 0 atom stereocenters. The van der Waals surface area contributed by atoms with Crippen molar-refractivity contribution in [2.45, 2.75) is 13.5 Å². The fraction of sp³-hybridized carbons (Fsp3) is 0.211. The standard InChI is InChI=1S/C19H19N3O3/c1-14-7-6-8-15(11-14)19-20-17(25-21-19)12-22(2)18(23)13-24-16-9-4-3-5-10-16/h3-11H,12-13H2,1-2H3. The first-order valence-electron chi connectivity index (χ1n) is 7.93. The first-order valence-corrected chi connectivity index (χ1v) is 7.93. The van der Waals surface area contributed by atoms with Gasteiger partial charge in [0.1, 0.15) is 5.75 Å². The Bertz CT molecular complexity index is 846. The molecule has 0 fully saturated rings. The van der Waals surface area contributed by atoms with Crippen LogP contribution in [0.15, 0.2) is 59.1 Å². The Balaban J connectivity index is 1.57. The second kappa shape index (κ2) is 7.61. The lowest BCUT2D eigenvalue weighted by molar-refractivity contribution is -0.132. The molecular weight excluding hydrogens is 318 g/mol. The van der Waals surface area contributed by atoms with Crippen molar-refractivity contribution in [3.63, 3.8) is 0 Å². The van der Waals surface area contributed by atoms with Gasteiger partial charge in [-0.25, -0.2) is 0 Å². The van der Waals surface area contributed by atoms with E-state index < -0.39 is 0 Å². The van der Waals surface area contributed by atoms with E-state index in [1.165, 1.54) is 4.90 Å². The molecule has 25 heavy (non-hydrogen) atoms. The molecule has 0 aliphatic carbocycles. The Morgan fingerprint density at radius 3 is 2.72 bits per heavy atom. The second-order valence-corrected chi connectivity index (χ2v) is 5.73. The quantitative estimate of drug-likeness (QED) is 0.691. The Morgan fingerprint density at radius 2 is 1.96 bits per heavy atom. The third-order valence-electron chi connectivity index (χ3n) is 3.65. The molecule has 6 heteroatoms. The van der Waals surface area contributed by atoms with Gasteiger partial charge in [0.05, 0.1) is 6.54 Å². The number of aryl methyl sites for hydroxylation is 1. The van der Waals surface area contributed by atoms with Crippen LogP contribution in [-0.4, -0.2) is 34.6 Å². The van der Waals surface area contributed by atoms with Crippen molar-refractivity contribution in [2.75, 3.05) is 13.7 Å². The van der Waals surface area contributed by atoms with Crippen LogP contribution in [0.1, 0.15) is 11.5 Å². The minimum atomic E-state index is -0.167. The molecule has 1 aromatic heterocycles. The topological polar surface area (TPSA) is 68.5 Å². The number of carbonyl (C=O) groups excluding carboxylic acids is 1. The van der Waals surface area contributed by atoms with Gasteiger partial charge in [-0.1, -0.05) is 47.1 Å². The van der Waals surface area contributed by atoms with E-state index in [0.717, 1.165) is 11.1 Å². The summed E-state index contributed by atoms with van der Waals surface area (Å²) in [6, 6.07) is 17.1. The molecule has 1 heterocycles. The number of rotatable bonds is 6. The van der Waals surface area contributed by atoms with E-state index in [0.29, 0.717) is 17.5 Å². The molecule has 3 aromatic rings. The molecule has 0 unspecified atom stereocenters. The fourth-order valence-electron chi connectivity index (χ4n) is 2.28. The SMILES string of the molecule is Cc1cccc(-c2noc(CN(C)C(=O)COc3ccccc3)n2)c1. The van der Waals surface area contributed by atoms with E-state index in [1.54, 1.807) is 19.2 Å². The molecule has 3 rings (SSSR count). The van der Waals surface area contributed by atoms with Crippen molar-refractivity contribution in [1.82, 2.24) is 15.0 Å². The van der Waals surface area contributed by atoms with Crippen molar-refractivity contribution in [3.05, 3.63) is 66.1 Å². The van der Waals surface area contributed by atoms with E-state index in [1.807, 2.05) is 49.4 Å². The van der Waals surface area contributed by atoms with Crippen LogP contribution in [0.5, 0.6) is 5.75 Å². The largest absolute Gasteiger partial charge is 0.484 e. The average Bonchev–Trinajstić information content (AvgIpc) is 3.09. The van der Waals surface area contributed by atoms with Crippen molar-refractivity contribution < 1.29 is 14.1 Å². The maximum absolute atomic E-state index is 12.2. The van der Waals surface area contributed by atoms with E-state index in [-0.39, 0.29) is 19.1 Å². The smallest absolute Gasteiger partial charge is 0.260 e. The minimum absolute atomic E-state index is 0.0423. The van der Waals surface area contributed by atoms with Crippen molar-refractivity contribution >= 4 is 5.91 Å². The van der Waals surface area contributed by atoms with Crippen LogP contribution in [0.2, 0.25) is 0 Å². The van der Waals surface area contributed by atoms with Gasteiger partial charge < -0.3 is 14.2 Å². The van der Waals surface area contributed by atoms with Gasteiger partial charge >= 0.3 is 0 Å². The molecular formula is C19H19N3O3. The maximum Gasteiger partial charge on any atom is 0.260 e. The summed E-state index contributed by atoms with van der Waals surface area (Å²) in [7, 11) is 1.67. The van der Waals surface area contributed by atoms with Crippen molar-refractivity contribution in [2.24, 2.45) is 0 Å². The minimum Gasteiger partial charge on any atom is -0.484 e. The highest BCUT2D eigenvalue weighted by molar-refractivity contribution is 5.77. The lowest BCUT2D eigenvalue weighted by Crippen LogP contribution is -2.31. The number of benzene rings is 2. The Morgan fingerprint density at radius 1 is 1.16 bits per heavy atom. The number of amides is 1. The van der Waals surface area contributed by atoms with Gasteiger partial charge in [0.15, 0.2) is 6.61 Å². The summed E-state index contributed by atoms with van der Waals surface area (Å²) in [6.45, 7) is 2.19. The van der Waals surface area contributed by atoms with Gasteiger partial charge in [-0.15, -0.1) is 0 Å². The summed E-state index contributed by atoms with van der Waals surface area (Å²) in [5.41, 5.74) is 2.01. The molecule has 6 nitrogen and oxygen atoms in total. The maximum atomic E-state index is 12.2. The third kappa shape index (κ3) is 4.44. The molecule has 0 saturated carbocycles. The van der Waals surface area contributed by atoms with E-state index >= 15 is 0 Å². The van der Waals surface area contributed by atoms with E-state index in [4.69, 9.17) is 9.26 Å². The highest BCUT2D eigenvalue weighted by atomic mass is 16.5. The second-order valence-electron chi connectivity index (χ2n) is 5.73. The van der Waals surface area contributed by atoms with Crippen LogP contribution in [0.3, 0.4) is 0 Å². The van der Waals surface area contributed by atoms with E-state index in [9.17, 15) is 4.79 Å². The van der Waals surface area contributed by atoms with Gasteiger partial charge in [-0.3, -0.25) is 4.79 Å². The first kappa shape index (κ1) is 16.7. The Hall–Kier alpha value is -3.15. The number of hydrogen-bond acceptors (Lipinski definition) is 5. The molecule has 2 aromatic carbocycles. The van der Waals surface area contributed by atoms with Gasteiger partial charge in [0, 0.05) is 12.6 Å². The summed E-state index contributed by atoms with van der Waals surface area (Å²) in [4.78, 5) is 18.0. The predicted molar refractivity (Wildman–Crippen MR) is 92.9 cm³/mol. The van der Waals surface area contributed by atoms with Gasteiger partial charge in [0.25, 0.3) is 5.91 Å². The number of nitrogens with zero attached hydrogens (tertiary/aromatic N) is 3. The average molecular weight is 337 g/mol. The zero-order valence-corrected chi connectivity index (χ0v) is 14.2. The van der Waals surface area contributed by atoms with Gasteiger partial charge in [0.2, 0.25) is 11.7 Å². The monoisotopic (exact) mass is 337 g/mol. The number of para-hydroxylation sites is 1. The number of hydrogen-bond donors (Lipinski definition) is 0. The highest BCUT2D eigenvalue weighted by Gasteiger charge is 2.15. The Labute approximate surface area is 146 Å². The molecule has 0 aliphatic heterocycles. The van der Waals surface area contributed by atoms with E-state index in [2.05, 4.69) is 10.1 Å². The fourth-order valence-corrected chi connectivity index (χ4v) is 2.28. The summed E-state index contributed by atoms with van der Waals surface area (Å²) in [5.74, 6) is 1.38. The van der Waals surface area contributed by atoms with Crippen LogP contribution in [0.25, 0.3) is 11.4 Å². The number of carbonyl (C=O) groups is 1. The molecule has 0 radical (unpaired) electrons. The first-order chi connectivity index (χ1) is 12.1. The molecule has 1 amide bonds. The molecule has 0 aliphatic rings. The van der Waals surface area contributed by atoms with Crippen LogP contribution < -0.4 is 4.74 Å². The lowest BCUT2D eigenvalue weighted by Gasteiger charge is -2.15. The molecule has 0 saturated heterocycles. The van der Waals surface area contributed by atoms with Crippen molar-refractivity contribution in [3.8, 4) is 17.1 Å².